The lowest BCUT2D eigenvalue weighted by atomic mass is 9.89. The lowest BCUT2D eigenvalue weighted by Crippen LogP contribution is -2.52. The highest BCUT2D eigenvalue weighted by molar-refractivity contribution is 4.86. The maximum Gasteiger partial charge on any atom is 0.250 e. The molecule has 1 saturated heterocycles. The van der Waals surface area contributed by atoms with Crippen LogP contribution in [0.2, 0.25) is 0 Å². The number of rotatable bonds is 4. The Morgan fingerprint density at radius 1 is 1.20 bits per heavy atom. The van der Waals surface area contributed by atoms with E-state index in [2.05, 4.69) is 10.2 Å². The Bertz CT molecular complexity index is 195. The van der Waals surface area contributed by atoms with Crippen molar-refractivity contribution in [3.05, 3.63) is 0 Å². The molecular formula is C11H20F2N2. The largest absolute Gasteiger partial charge is 0.307 e. The van der Waals surface area contributed by atoms with E-state index in [0.29, 0.717) is 0 Å². The molecule has 2 nitrogen and oxygen atoms in total. The van der Waals surface area contributed by atoms with Gasteiger partial charge in [-0.15, -0.1) is 0 Å². The summed E-state index contributed by atoms with van der Waals surface area (Å²) in [6.07, 6.45) is 3.94. The summed E-state index contributed by atoms with van der Waals surface area (Å²) in [5.74, 6) is 0. The van der Waals surface area contributed by atoms with E-state index in [9.17, 15) is 8.78 Å². The summed E-state index contributed by atoms with van der Waals surface area (Å²) < 4.78 is 24.1. The van der Waals surface area contributed by atoms with E-state index in [1.807, 2.05) is 0 Å². The van der Waals surface area contributed by atoms with Crippen LogP contribution in [0, 0.1) is 0 Å². The summed E-state index contributed by atoms with van der Waals surface area (Å²) in [7, 11) is 0. The van der Waals surface area contributed by atoms with Crippen molar-refractivity contribution in [2.24, 2.45) is 0 Å². The molecular weight excluding hydrogens is 198 g/mol. The molecule has 0 spiro atoms. The van der Waals surface area contributed by atoms with Gasteiger partial charge in [0.25, 0.3) is 6.43 Å². The number of nitrogens with one attached hydrogen (secondary N) is 1. The highest BCUT2D eigenvalue weighted by Crippen LogP contribution is 2.27. The Morgan fingerprint density at radius 2 is 2.00 bits per heavy atom. The minimum atomic E-state index is -2.22. The number of hydrogen-bond acceptors (Lipinski definition) is 2. The third kappa shape index (κ3) is 3.11. The fourth-order valence-corrected chi connectivity index (χ4v) is 2.51. The van der Waals surface area contributed by atoms with Gasteiger partial charge < -0.3 is 5.32 Å². The Hall–Kier alpha value is -0.220. The van der Waals surface area contributed by atoms with Crippen LogP contribution in [0.4, 0.5) is 8.78 Å². The van der Waals surface area contributed by atoms with E-state index in [4.69, 9.17) is 0 Å². The molecule has 88 valence electrons. The number of alkyl halides is 2. The van der Waals surface area contributed by atoms with Crippen LogP contribution in [0.3, 0.4) is 0 Å². The maximum atomic E-state index is 12.0. The van der Waals surface area contributed by atoms with E-state index in [1.165, 1.54) is 19.3 Å². The molecule has 1 saturated carbocycles. The Balaban J connectivity index is 1.71. The van der Waals surface area contributed by atoms with E-state index in [-0.39, 0.29) is 12.6 Å². The molecule has 2 aliphatic rings. The van der Waals surface area contributed by atoms with Crippen molar-refractivity contribution in [2.75, 3.05) is 19.6 Å². The molecule has 1 aliphatic carbocycles. The second-order valence-electron chi connectivity index (χ2n) is 4.72. The zero-order chi connectivity index (χ0) is 10.7. The first kappa shape index (κ1) is 11.3. The van der Waals surface area contributed by atoms with Crippen LogP contribution in [0.25, 0.3) is 0 Å². The van der Waals surface area contributed by atoms with Crippen LogP contribution in [-0.4, -0.2) is 43.0 Å². The van der Waals surface area contributed by atoms with Crippen LogP contribution in [0.15, 0.2) is 0 Å². The molecule has 0 bridgehead atoms. The molecule has 0 aromatic heterocycles. The zero-order valence-corrected chi connectivity index (χ0v) is 9.09. The highest BCUT2D eigenvalue weighted by atomic mass is 19.3. The van der Waals surface area contributed by atoms with Crippen molar-refractivity contribution in [2.45, 2.75) is 50.6 Å². The van der Waals surface area contributed by atoms with Crippen molar-refractivity contribution in [3.63, 3.8) is 0 Å². The molecule has 1 atom stereocenters. The highest BCUT2D eigenvalue weighted by Gasteiger charge is 2.29. The van der Waals surface area contributed by atoms with Gasteiger partial charge in [0.2, 0.25) is 0 Å². The van der Waals surface area contributed by atoms with Crippen LogP contribution in [0.5, 0.6) is 0 Å². The molecule has 1 aliphatic heterocycles. The first-order valence-electron chi connectivity index (χ1n) is 6.01. The quantitative estimate of drug-likeness (QED) is 0.774. The lowest BCUT2D eigenvalue weighted by molar-refractivity contribution is 0.0782. The van der Waals surface area contributed by atoms with Gasteiger partial charge in [-0.05, 0) is 32.2 Å². The number of likely N-dealkylation sites (tertiary alicyclic amines) is 1. The molecule has 4 heteroatoms. The second kappa shape index (κ2) is 5.21. The van der Waals surface area contributed by atoms with Crippen LogP contribution >= 0.6 is 0 Å². The summed E-state index contributed by atoms with van der Waals surface area (Å²) in [6, 6.07) is 1.04. The fourth-order valence-electron chi connectivity index (χ4n) is 2.51. The first-order valence-corrected chi connectivity index (χ1v) is 6.01. The fraction of sp³-hybridized carbons (Fsp3) is 1.00. The van der Waals surface area contributed by atoms with Gasteiger partial charge in [-0.25, -0.2) is 8.78 Å². The van der Waals surface area contributed by atoms with Gasteiger partial charge in [0.1, 0.15) is 0 Å². The topological polar surface area (TPSA) is 15.3 Å². The van der Waals surface area contributed by atoms with E-state index in [0.717, 1.165) is 32.0 Å². The van der Waals surface area contributed by atoms with Crippen molar-refractivity contribution < 1.29 is 8.78 Å². The summed E-state index contributed by atoms with van der Waals surface area (Å²) in [5, 5.41) is 2.96. The predicted octanol–water partition coefficient (Wildman–Crippen LogP) is 1.86. The Kier molecular flexibility index (Phi) is 3.92. The molecule has 1 heterocycles. The van der Waals surface area contributed by atoms with Gasteiger partial charge >= 0.3 is 0 Å². The van der Waals surface area contributed by atoms with Gasteiger partial charge in [-0.3, -0.25) is 4.90 Å². The number of piperidine rings is 1. The first-order chi connectivity index (χ1) is 7.25. The number of halogens is 2. The predicted molar refractivity (Wildman–Crippen MR) is 56.2 cm³/mol. The molecule has 0 aromatic rings. The summed E-state index contributed by atoms with van der Waals surface area (Å²) >= 11 is 0. The van der Waals surface area contributed by atoms with Crippen LogP contribution < -0.4 is 5.32 Å². The molecule has 0 amide bonds. The third-order valence-electron chi connectivity index (χ3n) is 3.60. The zero-order valence-electron chi connectivity index (χ0n) is 9.09. The minimum absolute atomic E-state index is 0.150. The smallest absolute Gasteiger partial charge is 0.250 e. The molecule has 1 N–H and O–H groups in total. The Labute approximate surface area is 90.0 Å². The molecule has 0 aromatic carbocycles. The van der Waals surface area contributed by atoms with Gasteiger partial charge in [0, 0.05) is 18.6 Å². The minimum Gasteiger partial charge on any atom is -0.307 e. The van der Waals surface area contributed by atoms with Crippen molar-refractivity contribution in [3.8, 4) is 0 Å². The maximum absolute atomic E-state index is 12.0. The lowest BCUT2D eigenvalue weighted by Gasteiger charge is -2.42. The summed E-state index contributed by atoms with van der Waals surface area (Å²) in [4.78, 5) is 2.48. The second-order valence-corrected chi connectivity index (χ2v) is 4.72. The average Bonchev–Trinajstić information content (AvgIpc) is 2.13. The molecule has 0 radical (unpaired) electrons. The molecule has 2 fully saturated rings. The standard InChI is InChI=1S/C11H20F2N2/c12-11(13)7-14-9-3-2-6-15(8-9)10-4-1-5-10/h9-11,14H,1-8H2. The average molecular weight is 218 g/mol. The van der Waals surface area contributed by atoms with Crippen LogP contribution in [-0.2, 0) is 0 Å². The van der Waals surface area contributed by atoms with Crippen molar-refractivity contribution in [1.29, 1.82) is 0 Å². The molecule has 15 heavy (non-hydrogen) atoms. The number of nitrogens with zero attached hydrogens (tertiary/aromatic N) is 1. The van der Waals surface area contributed by atoms with Crippen molar-refractivity contribution in [1.82, 2.24) is 10.2 Å². The molecule has 1 unspecified atom stereocenters. The Morgan fingerprint density at radius 3 is 2.60 bits per heavy atom. The van der Waals surface area contributed by atoms with E-state index >= 15 is 0 Å². The van der Waals surface area contributed by atoms with Crippen molar-refractivity contribution >= 4 is 0 Å². The SMILES string of the molecule is FC(F)CNC1CCCN(C2CCC2)C1. The number of hydrogen-bond donors (Lipinski definition) is 1. The molecule has 2 rings (SSSR count). The third-order valence-corrected chi connectivity index (χ3v) is 3.60. The van der Waals surface area contributed by atoms with Crippen LogP contribution in [0.1, 0.15) is 32.1 Å². The normalized spacial score (nSPS) is 29.4. The summed E-state index contributed by atoms with van der Waals surface area (Å²) in [6.45, 7) is 1.98. The van der Waals surface area contributed by atoms with Gasteiger partial charge in [-0.2, -0.15) is 0 Å². The van der Waals surface area contributed by atoms with Gasteiger partial charge in [0.15, 0.2) is 0 Å². The van der Waals surface area contributed by atoms with E-state index < -0.39 is 6.43 Å². The van der Waals surface area contributed by atoms with E-state index in [1.54, 1.807) is 0 Å². The van der Waals surface area contributed by atoms with Gasteiger partial charge in [-0.1, -0.05) is 6.42 Å². The monoisotopic (exact) mass is 218 g/mol. The summed E-state index contributed by atoms with van der Waals surface area (Å²) in [5.41, 5.74) is 0. The van der Waals surface area contributed by atoms with Gasteiger partial charge in [0.05, 0.1) is 6.54 Å².